The molecule has 1 unspecified atom stereocenters. The van der Waals surface area contributed by atoms with Gasteiger partial charge in [-0.15, -0.1) is 0 Å². The van der Waals surface area contributed by atoms with Gasteiger partial charge in [-0.1, -0.05) is 26.8 Å². The molecule has 0 saturated heterocycles. The SMILES string of the molecule is CC(=O)C=CC(C)CC(C)C. The first-order valence-corrected chi connectivity index (χ1v) is 4.21. The average molecular weight is 154 g/mol. The van der Waals surface area contributed by atoms with E-state index >= 15 is 0 Å². The zero-order chi connectivity index (χ0) is 8.85. The van der Waals surface area contributed by atoms with Crippen molar-refractivity contribution in [3.8, 4) is 0 Å². The smallest absolute Gasteiger partial charge is 0.152 e. The molecule has 0 N–H and O–H groups in total. The van der Waals surface area contributed by atoms with Crippen molar-refractivity contribution >= 4 is 5.78 Å². The maximum atomic E-state index is 10.5. The number of carbonyl (C=O) groups excluding carboxylic acids is 1. The summed E-state index contributed by atoms with van der Waals surface area (Å²) in [6, 6.07) is 0. The molecule has 1 nitrogen and oxygen atoms in total. The van der Waals surface area contributed by atoms with Crippen LogP contribution in [0.15, 0.2) is 12.2 Å². The lowest BCUT2D eigenvalue weighted by Crippen LogP contribution is -1.97. The van der Waals surface area contributed by atoms with Crippen molar-refractivity contribution in [2.45, 2.75) is 34.1 Å². The Balaban J connectivity index is 3.68. The molecule has 64 valence electrons. The molecule has 1 atom stereocenters. The number of allylic oxidation sites excluding steroid dienone is 2. The molecule has 0 radical (unpaired) electrons. The predicted molar refractivity (Wildman–Crippen MR) is 48.4 cm³/mol. The van der Waals surface area contributed by atoms with Gasteiger partial charge in [-0.25, -0.2) is 0 Å². The lowest BCUT2D eigenvalue weighted by atomic mass is 9.98. The van der Waals surface area contributed by atoms with Crippen molar-refractivity contribution in [3.63, 3.8) is 0 Å². The number of hydrogen-bond acceptors (Lipinski definition) is 1. The fourth-order valence-electron chi connectivity index (χ4n) is 1.12. The molecule has 0 aromatic rings. The van der Waals surface area contributed by atoms with Gasteiger partial charge in [-0.2, -0.15) is 0 Å². The Morgan fingerprint density at radius 2 is 1.91 bits per heavy atom. The third kappa shape index (κ3) is 7.31. The number of ketones is 1. The molecule has 0 aromatic heterocycles. The van der Waals surface area contributed by atoms with Gasteiger partial charge in [0.05, 0.1) is 0 Å². The zero-order valence-electron chi connectivity index (χ0n) is 7.92. The van der Waals surface area contributed by atoms with Crippen LogP contribution in [0.3, 0.4) is 0 Å². The summed E-state index contributed by atoms with van der Waals surface area (Å²) in [6.07, 6.45) is 4.80. The Kier molecular flexibility index (Phi) is 4.84. The van der Waals surface area contributed by atoms with Gasteiger partial charge < -0.3 is 0 Å². The number of hydrogen-bond donors (Lipinski definition) is 0. The highest BCUT2D eigenvalue weighted by molar-refractivity contribution is 5.87. The molecule has 0 amide bonds. The highest BCUT2D eigenvalue weighted by Crippen LogP contribution is 2.11. The van der Waals surface area contributed by atoms with E-state index in [-0.39, 0.29) is 5.78 Å². The second kappa shape index (κ2) is 5.11. The highest BCUT2D eigenvalue weighted by Gasteiger charge is 2.00. The Morgan fingerprint density at radius 1 is 1.36 bits per heavy atom. The molecule has 0 spiro atoms. The lowest BCUT2D eigenvalue weighted by molar-refractivity contribution is -0.112. The van der Waals surface area contributed by atoms with Gasteiger partial charge in [0, 0.05) is 0 Å². The lowest BCUT2D eigenvalue weighted by Gasteiger charge is -2.07. The third-order valence-electron chi connectivity index (χ3n) is 1.50. The summed E-state index contributed by atoms with van der Waals surface area (Å²) in [6.45, 7) is 8.11. The van der Waals surface area contributed by atoms with Gasteiger partial charge in [0.25, 0.3) is 0 Å². The topological polar surface area (TPSA) is 17.1 Å². The summed E-state index contributed by atoms with van der Waals surface area (Å²) in [5.41, 5.74) is 0. The standard InChI is InChI=1S/C10H18O/c1-8(2)7-9(3)5-6-10(4)11/h5-6,8-9H,7H2,1-4H3. The third-order valence-corrected chi connectivity index (χ3v) is 1.50. The van der Waals surface area contributed by atoms with E-state index in [9.17, 15) is 4.79 Å². The molecular weight excluding hydrogens is 136 g/mol. The minimum atomic E-state index is 0.139. The summed E-state index contributed by atoms with van der Waals surface area (Å²) >= 11 is 0. The first kappa shape index (κ1) is 10.4. The monoisotopic (exact) mass is 154 g/mol. The maximum absolute atomic E-state index is 10.5. The highest BCUT2D eigenvalue weighted by atomic mass is 16.1. The quantitative estimate of drug-likeness (QED) is 0.569. The van der Waals surface area contributed by atoms with Gasteiger partial charge in [0.15, 0.2) is 5.78 Å². The van der Waals surface area contributed by atoms with Gasteiger partial charge in [0.1, 0.15) is 0 Å². The molecule has 0 aliphatic heterocycles. The Morgan fingerprint density at radius 3 is 2.27 bits per heavy atom. The summed E-state index contributed by atoms with van der Waals surface area (Å²) in [4.78, 5) is 10.5. The van der Waals surface area contributed by atoms with E-state index < -0.39 is 0 Å². The molecule has 0 heterocycles. The second-order valence-corrected chi connectivity index (χ2v) is 3.58. The van der Waals surface area contributed by atoms with Crippen LogP contribution in [0.25, 0.3) is 0 Å². The maximum Gasteiger partial charge on any atom is 0.152 e. The average Bonchev–Trinajstić information content (AvgIpc) is 1.82. The van der Waals surface area contributed by atoms with Gasteiger partial charge >= 0.3 is 0 Å². The largest absolute Gasteiger partial charge is 0.295 e. The fraction of sp³-hybridized carbons (Fsp3) is 0.700. The van der Waals surface area contributed by atoms with Crippen LogP contribution in [0.4, 0.5) is 0 Å². The van der Waals surface area contributed by atoms with Gasteiger partial charge in [0.2, 0.25) is 0 Å². The molecule has 0 saturated carbocycles. The van der Waals surface area contributed by atoms with Crippen LogP contribution >= 0.6 is 0 Å². The molecule has 0 aromatic carbocycles. The van der Waals surface area contributed by atoms with E-state index in [2.05, 4.69) is 20.8 Å². The molecule has 0 bridgehead atoms. The Labute approximate surface area is 69.5 Å². The molecule has 1 heteroatoms. The molecule has 11 heavy (non-hydrogen) atoms. The van der Waals surface area contributed by atoms with E-state index in [0.717, 1.165) is 6.42 Å². The van der Waals surface area contributed by atoms with Gasteiger partial charge in [-0.3, -0.25) is 4.79 Å². The fourth-order valence-corrected chi connectivity index (χ4v) is 1.12. The van der Waals surface area contributed by atoms with Crippen LogP contribution in [0.2, 0.25) is 0 Å². The molecular formula is C10H18O. The first-order valence-electron chi connectivity index (χ1n) is 4.21. The van der Waals surface area contributed by atoms with Gasteiger partial charge in [-0.05, 0) is 31.3 Å². The van der Waals surface area contributed by atoms with Crippen LogP contribution in [0.1, 0.15) is 34.1 Å². The molecule has 0 rings (SSSR count). The second-order valence-electron chi connectivity index (χ2n) is 3.58. The molecule has 0 fully saturated rings. The summed E-state index contributed by atoms with van der Waals surface area (Å²) in [5.74, 6) is 1.38. The summed E-state index contributed by atoms with van der Waals surface area (Å²) in [7, 11) is 0. The number of carbonyl (C=O) groups is 1. The molecule has 0 aliphatic carbocycles. The van der Waals surface area contributed by atoms with Crippen molar-refractivity contribution in [1.82, 2.24) is 0 Å². The Bertz CT molecular complexity index is 145. The van der Waals surface area contributed by atoms with Crippen molar-refractivity contribution < 1.29 is 4.79 Å². The van der Waals surface area contributed by atoms with Crippen LogP contribution < -0.4 is 0 Å². The van der Waals surface area contributed by atoms with Crippen LogP contribution in [-0.4, -0.2) is 5.78 Å². The first-order chi connectivity index (χ1) is 5.02. The van der Waals surface area contributed by atoms with Crippen molar-refractivity contribution in [2.75, 3.05) is 0 Å². The van der Waals surface area contributed by atoms with E-state index in [0.29, 0.717) is 11.8 Å². The zero-order valence-corrected chi connectivity index (χ0v) is 7.92. The predicted octanol–water partition coefficient (Wildman–Crippen LogP) is 2.81. The normalized spacial score (nSPS) is 14.3. The number of rotatable bonds is 4. The minimum absolute atomic E-state index is 0.139. The minimum Gasteiger partial charge on any atom is -0.295 e. The van der Waals surface area contributed by atoms with E-state index in [1.54, 1.807) is 13.0 Å². The molecule has 0 aliphatic rings. The van der Waals surface area contributed by atoms with E-state index in [4.69, 9.17) is 0 Å². The van der Waals surface area contributed by atoms with Crippen molar-refractivity contribution in [1.29, 1.82) is 0 Å². The van der Waals surface area contributed by atoms with Crippen molar-refractivity contribution in [3.05, 3.63) is 12.2 Å². The van der Waals surface area contributed by atoms with Crippen LogP contribution in [0.5, 0.6) is 0 Å². The van der Waals surface area contributed by atoms with E-state index in [1.165, 1.54) is 0 Å². The van der Waals surface area contributed by atoms with Crippen molar-refractivity contribution in [2.24, 2.45) is 11.8 Å². The van der Waals surface area contributed by atoms with Crippen LogP contribution in [-0.2, 0) is 4.79 Å². The summed E-state index contributed by atoms with van der Waals surface area (Å²) < 4.78 is 0. The summed E-state index contributed by atoms with van der Waals surface area (Å²) in [5, 5.41) is 0. The van der Waals surface area contributed by atoms with E-state index in [1.807, 2.05) is 6.08 Å². The Hall–Kier alpha value is -0.590. The van der Waals surface area contributed by atoms with Crippen LogP contribution in [0, 0.1) is 11.8 Å².